The van der Waals surface area contributed by atoms with Gasteiger partial charge in [-0.25, -0.2) is 19.2 Å². The number of likely N-dealkylation sites (tertiary alicyclic amines) is 1. The number of carbonyl (C=O) groups is 1. The van der Waals surface area contributed by atoms with Crippen LogP contribution in [0, 0.1) is 5.82 Å². The first kappa shape index (κ1) is 11.6. The first-order chi connectivity index (χ1) is 8.15. The fraction of sp³-hybridized carbons (Fsp3) is 0.500. The molecule has 1 aliphatic heterocycles. The van der Waals surface area contributed by atoms with Crippen molar-refractivity contribution in [2.75, 3.05) is 13.1 Å². The van der Waals surface area contributed by atoms with Crippen molar-refractivity contribution in [1.29, 1.82) is 0 Å². The van der Waals surface area contributed by atoms with E-state index in [2.05, 4.69) is 9.97 Å². The number of ether oxygens (including phenoxy) is 1. The van der Waals surface area contributed by atoms with Crippen molar-refractivity contribution in [3.8, 4) is 6.01 Å². The van der Waals surface area contributed by atoms with Crippen LogP contribution in [0.5, 0.6) is 6.01 Å². The van der Waals surface area contributed by atoms with Crippen LogP contribution in [0.4, 0.5) is 9.18 Å². The topological polar surface area (TPSA) is 75.5 Å². The van der Waals surface area contributed by atoms with E-state index >= 15 is 0 Å². The van der Waals surface area contributed by atoms with Crippen LogP contribution in [-0.2, 0) is 0 Å². The molecule has 1 amide bonds. The van der Waals surface area contributed by atoms with Crippen molar-refractivity contribution in [1.82, 2.24) is 14.9 Å². The molecule has 1 saturated heterocycles. The largest absolute Gasteiger partial charge is 0.465 e. The summed E-state index contributed by atoms with van der Waals surface area (Å²) in [6.45, 7) is 0.863. The molecule has 0 radical (unpaired) electrons. The van der Waals surface area contributed by atoms with Gasteiger partial charge in [-0.2, -0.15) is 0 Å². The molecule has 2 rings (SSSR count). The zero-order valence-electron chi connectivity index (χ0n) is 9.04. The molecule has 2 heterocycles. The maximum atomic E-state index is 12.6. The highest BCUT2D eigenvalue weighted by Crippen LogP contribution is 2.15. The molecule has 92 valence electrons. The van der Waals surface area contributed by atoms with Gasteiger partial charge in [0.1, 0.15) is 6.10 Å². The van der Waals surface area contributed by atoms with Crippen LogP contribution in [0.1, 0.15) is 12.8 Å². The Kier molecular flexibility index (Phi) is 3.36. The predicted molar refractivity (Wildman–Crippen MR) is 55.2 cm³/mol. The van der Waals surface area contributed by atoms with E-state index in [9.17, 15) is 9.18 Å². The van der Waals surface area contributed by atoms with Crippen LogP contribution in [0.2, 0.25) is 0 Å². The van der Waals surface area contributed by atoms with Crippen LogP contribution < -0.4 is 4.74 Å². The summed E-state index contributed by atoms with van der Waals surface area (Å²) >= 11 is 0. The Labute approximate surface area is 97.0 Å². The average Bonchev–Trinajstić information content (AvgIpc) is 2.33. The Bertz CT molecular complexity index is 390. The lowest BCUT2D eigenvalue weighted by Crippen LogP contribution is -2.41. The molecule has 1 fully saturated rings. The zero-order chi connectivity index (χ0) is 12.3. The molecule has 1 N–H and O–H groups in total. The first-order valence-electron chi connectivity index (χ1n) is 5.27. The van der Waals surface area contributed by atoms with E-state index < -0.39 is 11.9 Å². The number of nitrogens with zero attached hydrogens (tertiary/aromatic N) is 3. The SMILES string of the molecule is O=C(O)N1CCC(Oc2ncc(F)cn2)CC1. The molecule has 1 aromatic rings. The highest BCUT2D eigenvalue weighted by molar-refractivity contribution is 5.64. The fourth-order valence-electron chi connectivity index (χ4n) is 1.68. The fourth-order valence-corrected chi connectivity index (χ4v) is 1.68. The van der Waals surface area contributed by atoms with Crippen molar-refractivity contribution in [3.05, 3.63) is 18.2 Å². The molecule has 6 nitrogen and oxygen atoms in total. The van der Waals surface area contributed by atoms with Gasteiger partial charge in [0, 0.05) is 25.9 Å². The lowest BCUT2D eigenvalue weighted by atomic mass is 10.1. The van der Waals surface area contributed by atoms with Gasteiger partial charge in [0.2, 0.25) is 0 Å². The van der Waals surface area contributed by atoms with Crippen molar-refractivity contribution < 1.29 is 19.0 Å². The monoisotopic (exact) mass is 241 g/mol. The molecule has 0 bridgehead atoms. The van der Waals surface area contributed by atoms with Gasteiger partial charge in [0.15, 0.2) is 5.82 Å². The summed E-state index contributed by atoms with van der Waals surface area (Å²) in [6.07, 6.45) is 2.22. The summed E-state index contributed by atoms with van der Waals surface area (Å²) in [4.78, 5) is 19.4. The number of hydrogen-bond acceptors (Lipinski definition) is 4. The van der Waals surface area contributed by atoms with E-state index in [1.54, 1.807) is 0 Å². The van der Waals surface area contributed by atoms with Crippen LogP contribution >= 0.6 is 0 Å². The number of hydrogen-bond donors (Lipinski definition) is 1. The smallest absolute Gasteiger partial charge is 0.407 e. The van der Waals surface area contributed by atoms with Gasteiger partial charge in [-0.1, -0.05) is 0 Å². The molecule has 17 heavy (non-hydrogen) atoms. The van der Waals surface area contributed by atoms with Gasteiger partial charge >= 0.3 is 12.1 Å². The van der Waals surface area contributed by atoms with Crippen LogP contribution in [0.3, 0.4) is 0 Å². The van der Waals surface area contributed by atoms with Crippen molar-refractivity contribution in [2.45, 2.75) is 18.9 Å². The predicted octanol–water partition coefficient (Wildman–Crippen LogP) is 1.14. The molecule has 0 aliphatic carbocycles. The van der Waals surface area contributed by atoms with Crippen LogP contribution in [-0.4, -0.2) is 45.3 Å². The lowest BCUT2D eigenvalue weighted by Gasteiger charge is -2.29. The third kappa shape index (κ3) is 3.02. The van der Waals surface area contributed by atoms with E-state index in [1.165, 1.54) is 4.90 Å². The molecule has 0 saturated carbocycles. The summed E-state index contributed by atoms with van der Waals surface area (Å²) < 4.78 is 18.0. The second-order valence-electron chi connectivity index (χ2n) is 3.77. The van der Waals surface area contributed by atoms with Gasteiger partial charge in [0.25, 0.3) is 0 Å². The Balaban J connectivity index is 1.85. The molecular weight excluding hydrogens is 229 g/mol. The molecule has 1 aliphatic rings. The molecule has 7 heteroatoms. The van der Waals surface area contributed by atoms with E-state index in [4.69, 9.17) is 9.84 Å². The van der Waals surface area contributed by atoms with Gasteiger partial charge in [-0.3, -0.25) is 0 Å². The van der Waals surface area contributed by atoms with E-state index in [0.717, 1.165) is 12.4 Å². The summed E-state index contributed by atoms with van der Waals surface area (Å²) in [6, 6.07) is 0.125. The number of aromatic nitrogens is 2. The first-order valence-corrected chi connectivity index (χ1v) is 5.27. The third-order valence-electron chi connectivity index (χ3n) is 2.58. The normalized spacial score (nSPS) is 16.9. The molecule has 0 spiro atoms. The Morgan fingerprint density at radius 2 is 2.00 bits per heavy atom. The molecule has 1 aromatic heterocycles. The number of amides is 1. The Morgan fingerprint density at radius 1 is 1.41 bits per heavy atom. The molecule has 0 unspecified atom stereocenters. The van der Waals surface area contributed by atoms with Gasteiger partial charge in [-0.05, 0) is 0 Å². The second-order valence-corrected chi connectivity index (χ2v) is 3.77. The van der Waals surface area contributed by atoms with E-state index in [0.29, 0.717) is 25.9 Å². The number of halogens is 1. The van der Waals surface area contributed by atoms with Crippen molar-refractivity contribution in [3.63, 3.8) is 0 Å². The van der Waals surface area contributed by atoms with Gasteiger partial charge in [0.05, 0.1) is 12.4 Å². The molecular formula is C10H12FN3O3. The number of rotatable bonds is 2. The minimum Gasteiger partial charge on any atom is -0.465 e. The third-order valence-corrected chi connectivity index (χ3v) is 2.58. The van der Waals surface area contributed by atoms with Crippen molar-refractivity contribution >= 4 is 6.09 Å². The summed E-state index contributed by atoms with van der Waals surface area (Å²) in [5.41, 5.74) is 0. The summed E-state index contributed by atoms with van der Waals surface area (Å²) in [7, 11) is 0. The minimum absolute atomic E-state index is 0.115. The van der Waals surface area contributed by atoms with Gasteiger partial charge < -0.3 is 14.7 Å². The number of carboxylic acid groups (broad SMARTS) is 1. The van der Waals surface area contributed by atoms with E-state index in [1.807, 2.05) is 0 Å². The number of piperidine rings is 1. The van der Waals surface area contributed by atoms with Crippen molar-refractivity contribution in [2.24, 2.45) is 0 Å². The zero-order valence-corrected chi connectivity index (χ0v) is 9.04. The maximum Gasteiger partial charge on any atom is 0.407 e. The lowest BCUT2D eigenvalue weighted by molar-refractivity contribution is 0.0842. The van der Waals surface area contributed by atoms with Gasteiger partial charge in [-0.15, -0.1) is 0 Å². The van der Waals surface area contributed by atoms with E-state index in [-0.39, 0.29) is 12.1 Å². The highest BCUT2D eigenvalue weighted by atomic mass is 19.1. The standard InChI is InChI=1S/C10H12FN3O3/c11-7-5-12-9(13-6-7)17-8-1-3-14(4-2-8)10(15)16/h5-6,8H,1-4H2,(H,15,16). The Morgan fingerprint density at radius 3 is 2.53 bits per heavy atom. The Hall–Kier alpha value is -1.92. The minimum atomic E-state index is -0.915. The maximum absolute atomic E-state index is 12.6. The second kappa shape index (κ2) is 4.94. The molecule has 0 aromatic carbocycles. The van der Waals surface area contributed by atoms with Crippen LogP contribution in [0.25, 0.3) is 0 Å². The summed E-state index contributed by atoms with van der Waals surface area (Å²) in [5, 5.41) is 8.76. The van der Waals surface area contributed by atoms with Crippen LogP contribution in [0.15, 0.2) is 12.4 Å². The average molecular weight is 241 g/mol. The highest BCUT2D eigenvalue weighted by Gasteiger charge is 2.23. The quantitative estimate of drug-likeness (QED) is 0.840. The molecule has 0 atom stereocenters. The summed E-state index contributed by atoms with van der Waals surface area (Å²) in [5.74, 6) is -0.516.